The first-order chi connectivity index (χ1) is 15.4. The molecule has 7 heteroatoms. The monoisotopic (exact) mass is 438 g/mol. The normalized spacial score (nSPS) is 20.6. The lowest BCUT2D eigenvalue weighted by molar-refractivity contribution is -0.00544. The van der Waals surface area contributed by atoms with E-state index in [0.717, 1.165) is 36.8 Å². The second kappa shape index (κ2) is 10.2. The fourth-order valence-electron chi connectivity index (χ4n) is 4.41. The molecule has 1 amide bonds. The van der Waals surface area contributed by atoms with Gasteiger partial charge in [-0.3, -0.25) is 9.48 Å². The first-order valence-corrected chi connectivity index (χ1v) is 11.5. The third kappa shape index (κ3) is 4.97. The number of nitrogens with zero attached hydrogens (tertiary/aromatic N) is 3. The maximum absolute atomic E-state index is 13.0. The highest BCUT2D eigenvalue weighted by Crippen LogP contribution is 2.35. The van der Waals surface area contributed by atoms with Gasteiger partial charge in [-0.1, -0.05) is 26.3 Å². The Balaban J connectivity index is 1.92. The van der Waals surface area contributed by atoms with Gasteiger partial charge in [0.25, 0.3) is 5.91 Å². The molecule has 1 aliphatic carbocycles. The van der Waals surface area contributed by atoms with Gasteiger partial charge < -0.3 is 15.2 Å². The van der Waals surface area contributed by atoms with Crippen LogP contribution in [0.2, 0.25) is 0 Å². The van der Waals surface area contributed by atoms with Gasteiger partial charge in [-0.25, -0.2) is 0 Å². The van der Waals surface area contributed by atoms with Crippen molar-refractivity contribution in [1.29, 1.82) is 5.26 Å². The van der Waals surface area contributed by atoms with Crippen LogP contribution in [-0.4, -0.2) is 40.0 Å². The highest BCUT2D eigenvalue weighted by molar-refractivity contribution is 5.97. The van der Waals surface area contributed by atoms with E-state index in [-0.39, 0.29) is 17.8 Å². The van der Waals surface area contributed by atoms with E-state index in [9.17, 15) is 15.2 Å². The molecule has 1 heterocycles. The van der Waals surface area contributed by atoms with Gasteiger partial charge in [0.2, 0.25) is 0 Å². The van der Waals surface area contributed by atoms with Crippen molar-refractivity contribution in [2.75, 3.05) is 13.7 Å². The molecule has 172 valence electrons. The smallest absolute Gasteiger partial charge is 0.273 e. The second-order valence-electron chi connectivity index (χ2n) is 8.87. The van der Waals surface area contributed by atoms with E-state index in [1.807, 2.05) is 25.1 Å². The number of carbonyl (C=O) groups is 1. The van der Waals surface area contributed by atoms with Crippen LogP contribution in [-0.2, 0) is 13.0 Å². The number of ether oxygens (including phenoxy) is 1. The minimum atomic E-state index is -0.899. The molecule has 0 saturated heterocycles. The summed E-state index contributed by atoms with van der Waals surface area (Å²) in [5.41, 5.74) is 1.86. The number of carbonyl (C=O) groups excluding carboxylic acids is 1. The minimum Gasteiger partial charge on any atom is -0.496 e. The standard InChI is InChI=1S/C25H34N4O3/c1-5-7-18-8-9-19(21(14-18)32-4)23-20(15-26)22(28-29(23)6-2)24(30)27-16-25(31)12-10-17(3)11-13-25/h8-9,14,17,31H,5-7,10-13,16H2,1-4H3,(H,27,30). The van der Waals surface area contributed by atoms with Crippen molar-refractivity contribution in [2.24, 2.45) is 5.92 Å². The van der Waals surface area contributed by atoms with Crippen LogP contribution >= 0.6 is 0 Å². The number of nitrogens with one attached hydrogen (secondary N) is 1. The summed E-state index contributed by atoms with van der Waals surface area (Å²) in [5, 5.41) is 28.0. The van der Waals surface area contributed by atoms with E-state index in [1.54, 1.807) is 11.8 Å². The first kappa shape index (κ1) is 23.8. The summed E-state index contributed by atoms with van der Waals surface area (Å²) in [6, 6.07) is 8.11. The molecular weight excluding hydrogens is 404 g/mol. The molecule has 2 aromatic rings. The minimum absolute atomic E-state index is 0.0804. The molecule has 0 bridgehead atoms. The zero-order chi connectivity index (χ0) is 23.3. The van der Waals surface area contributed by atoms with Crippen LogP contribution in [0.1, 0.15) is 74.5 Å². The number of methoxy groups -OCH3 is 1. The van der Waals surface area contributed by atoms with Crippen molar-refractivity contribution in [3.63, 3.8) is 0 Å². The molecule has 3 rings (SSSR count). The van der Waals surface area contributed by atoms with E-state index < -0.39 is 11.5 Å². The molecule has 1 saturated carbocycles. The van der Waals surface area contributed by atoms with E-state index in [2.05, 4.69) is 30.3 Å². The summed E-state index contributed by atoms with van der Waals surface area (Å²) >= 11 is 0. The molecule has 0 spiro atoms. The average molecular weight is 439 g/mol. The summed E-state index contributed by atoms with van der Waals surface area (Å²) in [5.74, 6) is 0.806. The first-order valence-electron chi connectivity index (χ1n) is 11.5. The van der Waals surface area contributed by atoms with E-state index >= 15 is 0 Å². The number of rotatable bonds is 8. The maximum Gasteiger partial charge on any atom is 0.273 e. The fourth-order valence-corrected chi connectivity index (χ4v) is 4.41. The molecule has 32 heavy (non-hydrogen) atoms. The van der Waals surface area contributed by atoms with Gasteiger partial charge in [-0.15, -0.1) is 0 Å². The second-order valence-corrected chi connectivity index (χ2v) is 8.87. The van der Waals surface area contributed by atoms with Crippen molar-refractivity contribution in [3.8, 4) is 23.1 Å². The van der Waals surface area contributed by atoms with E-state index in [0.29, 0.717) is 36.7 Å². The molecule has 7 nitrogen and oxygen atoms in total. The Morgan fingerprint density at radius 3 is 2.69 bits per heavy atom. The van der Waals surface area contributed by atoms with Crippen molar-refractivity contribution in [1.82, 2.24) is 15.1 Å². The third-order valence-electron chi connectivity index (χ3n) is 6.42. The van der Waals surface area contributed by atoms with Crippen molar-refractivity contribution < 1.29 is 14.6 Å². The van der Waals surface area contributed by atoms with Gasteiger partial charge in [0.1, 0.15) is 17.4 Å². The summed E-state index contributed by atoms with van der Waals surface area (Å²) in [7, 11) is 1.60. The summed E-state index contributed by atoms with van der Waals surface area (Å²) in [6.45, 7) is 6.88. The Labute approximate surface area is 190 Å². The predicted octanol–water partition coefficient (Wildman–Crippen LogP) is 4.07. The Hall–Kier alpha value is -2.85. The van der Waals surface area contributed by atoms with Crippen LogP contribution in [0.4, 0.5) is 0 Å². The maximum atomic E-state index is 13.0. The fraction of sp³-hybridized carbons (Fsp3) is 0.560. The molecule has 2 N–H and O–H groups in total. The molecule has 1 fully saturated rings. The molecule has 1 aromatic heterocycles. The van der Waals surface area contributed by atoms with Crippen LogP contribution in [0.5, 0.6) is 5.75 Å². The van der Waals surface area contributed by atoms with Crippen LogP contribution in [0.3, 0.4) is 0 Å². The lowest BCUT2D eigenvalue weighted by Crippen LogP contribution is -2.45. The molecule has 0 unspecified atom stereocenters. The summed E-state index contributed by atoms with van der Waals surface area (Å²) in [4.78, 5) is 13.0. The number of amides is 1. The molecule has 1 aromatic carbocycles. The quantitative estimate of drug-likeness (QED) is 0.647. The van der Waals surface area contributed by atoms with Gasteiger partial charge in [-0.05, 0) is 62.6 Å². The summed E-state index contributed by atoms with van der Waals surface area (Å²) in [6.07, 6.45) is 5.17. The van der Waals surface area contributed by atoms with Crippen molar-refractivity contribution in [3.05, 3.63) is 35.0 Å². The number of benzene rings is 1. The number of hydrogen-bond donors (Lipinski definition) is 2. The molecule has 0 atom stereocenters. The van der Waals surface area contributed by atoms with E-state index in [4.69, 9.17) is 4.74 Å². The highest BCUT2D eigenvalue weighted by atomic mass is 16.5. The molecule has 0 radical (unpaired) electrons. The Bertz CT molecular complexity index is 997. The van der Waals surface area contributed by atoms with Gasteiger partial charge in [0.15, 0.2) is 5.69 Å². The number of nitriles is 1. The van der Waals surface area contributed by atoms with Gasteiger partial charge in [-0.2, -0.15) is 10.4 Å². The number of aryl methyl sites for hydroxylation is 2. The van der Waals surface area contributed by atoms with Gasteiger partial charge >= 0.3 is 0 Å². The number of aromatic nitrogens is 2. The molecule has 1 aliphatic rings. The Morgan fingerprint density at radius 2 is 2.09 bits per heavy atom. The Kier molecular flexibility index (Phi) is 7.57. The highest BCUT2D eigenvalue weighted by Gasteiger charge is 2.33. The van der Waals surface area contributed by atoms with Crippen LogP contribution in [0.25, 0.3) is 11.3 Å². The summed E-state index contributed by atoms with van der Waals surface area (Å²) < 4.78 is 7.29. The molecular formula is C25H34N4O3. The van der Waals surface area contributed by atoms with Gasteiger partial charge in [0, 0.05) is 18.7 Å². The van der Waals surface area contributed by atoms with Crippen LogP contribution in [0, 0.1) is 17.2 Å². The SMILES string of the molecule is CCCc1ccc(-c2c(C#N)c(C(=O)NCC3(O)CCC(C)CC3)nn2CC)c(OC)c1. The van der Waals surface area contributed by atoms with Gasteiger partial charge in [0.05, 0.1) is 18.4 Å². The van der Waals surface area contributed by atoms with Crippen molar-refractivity contribution in [2.45, 2.75) is 71.4 Å². The van der Waals surface area contributed by atoms with Crippen LogP contribution in [0.15, 0.2) is 18.2 Å². The predicted molar refractivity (Wildman–Crippen MR) is 124 cm³/mol. The van der Waals surface area contributed by atoms with Crippen molar-refractivity contribution >= 4 is 5.91 Å². The largest absolute Gasteiger partial charge is 0.496 e. The third-order valence-corrected chi connectivity index (χ3v) is 6.42. The average Bonchev–Trinajstić information content (AvgIpc) is 3.18. The van der Waals surface area contributed by atoms with E-state index in [1.165, 1.54) is 0 Å². The zero-order valence-electron chi connectivity index (χ0n) is 19.6. The number of aliphatic hydroxyl groups is 1. The Morgan fingerprint density at radius 1 is 1.38 bits per heavy atom. The molecule has 0 aliphatic heterocycles. The van der Waals surface area contributed by atoms with Crippen LogP contribution < -0.4 is 10.1 Å². The lowest BCUT2D eigenvalue weighted by Gasteiger charge is -2.34. The topological polar surface area (TPSA) is 100 Å². The lowest BCUT2D eigenvalue weighted by atomic mass is 9.79. The zero-order valence-corrected chi connectivity index (χ0v) is 19.6. The number of hydrogen-bond acceptors (Lipinski definition) is 5.